The fourth-order valence-corrected chi connectivity index (χ4v) is 4.74. The molecular formula is C35H44N6O6. The summed E-state index contributed by atoms with van der Waals surface area (Å²) in [7, 11) is 0. The molecule has 12 heteroatoms. The molecule has 0 spiro atoms. The maximum atomic E-state index is 13.6. The van der Waals surface area contributed by atoms with Crippen LogP contribution in [0.3, 0.4) is 0 Å². The van der Waals surface area contributed by atoms with Gasteiger partial charge in [-0.05, 0) is 75.8 Å². The molecule has 0 fully saturated rings. The van der Waals surface area contributed by atoms with E-state index >= 15 is 0 Å². The molecule has 250 valence electrons. The van der Waals surface area contributed by atoms with E-state index in [0.29, 0.717) is 35.5 Å². The van der Waals surface area contributed by atoms with Crippen molar-refractivity contribution in [3.8, 4) is 0 Å². The third-order valence-electron chi connectivity index (χ3n) is 7.57. The number of nitrogens with two attached hydrogens (primary N) is 1. The van der Waals surface area contributed by atoms with Gasteiger partial charge < -0.3 is 30.2 Å². The van der Waals surface area contributed by atoms with E-state index in [-0.39, 0.29) is 24.7 Å². The van der Waals surface area contributed by atoms with Crippen LogP contribution in [-0.2, 0) is 20.8 Å². The number of amides is 4. The Kier molecular flexibility index (Phi) is 11.4. The maximum Gasteiger partial charge on any atom is 0.412 e. The van der Waals surface area contributed by atoms with Gasteiger partial charge in [0.05, 0.1) is 11.4 Å². The maximum absolute atomic E-state index is 13.6. The van der Waals surface area contributed by atoms with Crippen LogP contribution in [0.15, 0.2) is 90.6 Å². The van der Waals surface area contributed by atoms with Crippen molar-refractivity contribution in [3.63, 3.8) is 0 Å². The molecule has 4 rings (SSSR count). The Balaban J connectivity index is 1.43. The number of carbonyl (C=O) groups excluding carboxylic acids is 3. The van der Waals surface area contributed by atoms with Gasteiger partial charge in [-0.1, -0.05) is 50.3 Å². The largest absolute Gasteiger partial charge is 0.463 e. The second-order valence-electron chi connectivity index (χ2n) is 12.4. The van der Waals surface area contributed by atoms with E-state index in [9.17, 15) is 14.4 Å². The average molecular weight is 645 g/mol. The molecule has 0 bridgehead atoms. The molecule has 0 saturated carbocycles. The molecule has 1 aromatic carbocycles. The molecule has 12 nitrogen and oxygen atoms in total. The molecule has 2 aliphatic rings. The summed E-state index contributed by atoms with van der Waals surface area (Å²) in [5.74, 6) is 0.224. The fraction of sp³-hybridized carbons (Fsp3) is 0.371. The third kappa shape index (κ3) is 10.2. The van der Waals surface area contributed by atoms with Gasteiger partial charge in [0.1, 0.15) is 17.6 Å². The highest BCUT2D eigenvalue weighted by Crippen LogP contribution is 2.26. The number of carbonyl (C=O) groups is 3. The van der Waals surface area contributed by atoms with Crippen molar-refractivity contribution in [1.82, 2.24) is 15.2 Å². The number of rotatable bonds is 11. The number of ether oxygens (including phenoxy) is 3. The van der Waals surface area contributed by atoms with Gasteiger partial charge in [-0.25, -0.2) is 9.59 Å². The Labute approximate surface area is 275 Å². The Morgan fingerprint density at radius 3 is 2.34 bits per heavy atom. The monoisotopic (exact) mass is 644 g/mol. The van der Waals surface area contributed by atoms with Crippen LogP contribution in [-0.4, -0.2) is 45.6 Å². The first-order valence-corrected chi connectivity index (χ1v) is 15.7. The third-order valence-corrected chi connectivity index (χ3v) is 7.57. The van der Waals surface area contributed by atoms with Gasteiger partial charge >= 0.3 is 12.1 Å². The van der Waals surface area contributed by atoms with Crippen LogP contribution in [0.4, 0.5) is 21.0 Å². The first-order chi connectivity index (χ1) is 22.4. The van der Waals surface area contributed by atoms with Crippen molar-refractivity contribution < 1.29 is 28.6 Å². The smallest absolute Gasteiger partial charge is 0.412 e. The molecule has 2 aromatic rings. The van der Waals surface area contributed by atoms with Gasteiger partial charge in [-0.2, -0.15) is 0 Å². The predicted molar refractivity (Wildman–Crippen MR) is 180 cm³/mol. The lowest BCUT2D eigenvalue weighted by atomic mass is 9.93. The Hall–Kier alpha value is -5.10. The van der Waals surface area contributed by atoms with Crippen LogP contribution < -0.4 is 21.7 Å². The Morgan fingerprint density at radius 2 is 1.72 bits per heavy atom. The number of hydrogen-bond donors (Lipinski definition) is 4. The molecule has 1 aliphatic carbocycles. The number of allylic oxidation sites excluding steroid dienone is 4. The van der Waals surface area contributed by atoms with Crippen LogP contribution in [0.5, 0.6) is 0 Å². The molecule has 0 saturated heterocycles. The van der Waals surface area contributed by atoms with Crippen LogP contribution in [0, 0.1) is 0 Å². The normalized spacial score (nSPS) is 14.4. The number of nitrogens with one attached hydrogen (secondary N) is 3. The Bertz CT molecular complexity index is 1570. The van der Waals surface area contributed by atoms with E-state index in [1.54, 1.807) is 68.3 Å². The molecule has 4 amide bonds. The molecule has 0 radical (unpaired) electrons. The minimum absolute atomic E-state index is 0.149. The summed E-state index contributed by atoms with van der Waals surface area (Å²) < 4.78 is 16.7. The molecule has 2 heterocycles. The van der Waals surface area contributed by atoms with E-state index in [1.807, 2.05) is 26.0 Å². The molecule has 1 aliphatic heterocycles. The van der Waals surface area contributed by atoms with Crippen LogP contribution in [0.2, 0.25) is 0 Å². The summed E-state index contributed by atoms with van der Waals surface area (Å²) in [5.41, 5.74) is 7.91. The van der Waals surface area contributed by atoms with Crippen molar-refractivity contribution in [2.75, 3.05) is 17.2 Å². The van der Waals surface area contributed by atoms with Crippen molar-refractivity contribution in [3.05, 3.63) is 102 Å². The van der Waals surface area contributed by atoms with Gasteiger partial charge in [0.15, 0.2) is 12.0 Å². The lowest BCUT2D eigenvalue weighted by Crippen LogP contribution is -2.53. The molecule has 0 atom stereocenters. The minimum atomic E-state index is -0.677. The summed E-state index contributed by atoms with van der Waals surface area (Å²) in [4.78, 5) is 44.9. The molecule has 1 aromatic heterocycles. The number of hydrogen-bond acceptors (Lipinski definition) is 8. The van der Waals surface area contributed by atoms with Gasteiger partial charge in [0.2, 0.25) is 5.88 Å². The summed E-state index contributed by atoms with van der Waals surface area (Å²) in [5, 5.41) is 8.25. The van der Waals surface area contributed by atoms with E-state index in [0.717, 1.165) is 18.4 Å². The molecule has 0 unspecified atom stereocenters. The zero-order chi connectivity index (χ0) is 34.0. The van der Waals surface area contributed by atoms with Crippen molar-refractivity contribution in [2.45, 2.75) is 78.0 Å². The SMILES string of the molecule is CCC(N)(CC)CN(Cc1ccc(C(=O)Nc2ccccc2NC(=O)OC(C)(C)C)nc1)C(=O)NC1=COC=C(C2=CC=CCC2)O1. The Morgan fingerprint density at radius 1 is 1.00 bits per heavy atom. The lowest BCUT2D eigenvalue weighted by Gasteiger charge is -2.34. The number of para-hydroxylation sites is 2. The standard InChI is InChI=1S/C35H44N6O6/c1-6-35(36,7-2)23-41(32(43)40-30-22-45-21-29(46-30)25-13-9-8-10-14-25)20-24-17-18-28(37-19-24)31(42)38-26-15-11-12-16-27(26)39-33(44)47-34(3,4)5/h8-9,11-13,15-19,21-22H,6-7,10,14,20,23,36H2,1-5H3,(H,38,42)(H,39,44)(H,40,43). The molecule has 47 heavy (non-hydrogen) atoms. The zero-order valence-corrected chi connectivity index (χ0v) is 27.6. The van der Waals surface area contributed by atoms with Gasteiger partial charge in [-0.15, -0.1) is 0 Å². The first kappa shape index (κ1) is 34.8. The number of urea groups is 1. The highest BCUT2D eigenvalue weighted by Gasteiger charge is 2.28. The lowest BCUT2D eigenvalue weighted by molar-refractivity contribution is 0.0635. The number of anilines is 2. The van der Waals surface area contributed by atoms with Gasteiger partial charge in [0, 0.05) is 24.8 Å². The number of benzene rings is 1. The highest BCUT2D eigenvalue weighted by molar-refractivity contribution is 6.05. The van der Waals surface area contributed by atoms with Gasteiger partial charge in [-0.3, -0.25) is 20.4 Å². The summed E-state index contributed by atoms with van der Waals surface area (Å²) in [6.45, 7) is 9.71. The van der Waals surface area contributed by atoms with Gasteiger partial charge in [0.25, 0.3) is 5.91 Å². The summed E-state index contributed by atoms with van der Waals surface area (Å²) >= 11 is 0. The van der Waals surface area contributed by atoms with Crippen molar-refractivity contribution in [1.29, 1.82) is 0 Å². The van der Waals surface area contributed by atoms with Crippen LogP contribution >= 0.6 is 0 Å². The van der Waals surface area contributed by atoms with E-state index < -0.39 is 29.2 Å². The zero-order valence-electron chi connectivity index (χ0n) is 27.6. The van der Waals surface area contributed by atoms with Crippen LogP contribution in [0.25, 0.3) is 0 Å². The van der Waals surface area contributed by atoms with E-state index in [4.69, 9.17) is 19.9 Å². The second-order valence-corrected chi connectivity index (χ2v) is 12.4. The number of aromatic nitrogens is 1. The fourth-order valence-electron chi connectivity index (χ4n) is 4.74. The van der Waals surface area contributed by atoms with Crippen molar-refractivity contribution >= 4 is 29.4 Å². The predicted octanol–water partition coefficient (Wildman–Crippen LogP) is 6.67. The van der Waals surface area contributed by atoms with Crippen molar-refractivity contribution in [2.24, 2.45) is 5.73 Å². The summed E-state index contributed by atoms with van der Waals surface area (Å²) in [6.07, 6.45) is 12.8. The number of pyridine rings is 1. The quantitative estimate of drug-likeness (QED) is 0.211. The summed E-state index contributed by atoms with van der Waals surface area (Å²) in [6, 6.07) is 9.66. The van der Waals surface area contributed by atoms with E-state index in [1.165, 1.54) is 12.5 Å². The molecular weight excluding hydrogens is 600 g/mol. The first-order valence-electron chi connectivity index (χ1n) is 15.7. The number of nitrogens with zero attached hydrogens (tertiary/aromatic N) is 2. The van der Waals surface area contributed by atoms with E-state index in [2.05, 4.69) is 27.0 Å². The topological polar surface area (TPSA) is 157 Å². The van der Waals surface area contributed by atoms with Crippen LogP contribution in [0.1, 0.15) is 76.4 Å². The second kappa shape index (κ2) is 15.5. The molecule has 5 N–H and O–H groups in total. The average Bonchev–Trinajstić information content (AvgIpc) is 3.05. The minimum Gasteiger partial charge on any atom is -0.463 e. The highest BCUT2D eigenvalue weighted by atomic mass is 16.6.